The van der Waals surface area contributed by atoms with Gasteiger partial charge in [0.05, 0.1) is 5.92 Å². The van der Waals surface area contributed by atoms with Gasteiger partial charge in [-0.05, 0) is 6.08 Å². The Labute approximate surface area is 71.0 Å². The molecule has 0 spiro atoms. The van der Waals surface area contributed by atoms with Gasteiger partial charge in [-0.1, -0.05) is 13.5 Å². The van der Waals surface area contributed by atoms with Crippen molar-refractivity contribution in [3.8, 4) is 0 Å². The van der Waals surface area contributed by atoms with E-state index in [0.29, 0.717) is 0 Å². The van der Waals surface area contributed by atoms with Gasteiger partial charge in [-0.15, -0.1) is 0 Å². The molecular weight excluding hydrogens is 182 g/mol. The number of allylic oxidation sites excluding steroid dienone is 1. The zero-order chi connectivity index (χ0) is 9.94. The summed E-state index contributed by atoms with van der Waals surface area (Å²) < 4.78 is 29.3. The lowest BCUT2D eigenvalue weighted by atomic mass is 10.1. The fourth-order valence-electron chi connectivity index (χ4n) is 0.606. The third kappa shape index (κ3) is 2.72. The van der Waals surface area contributed by atoms with Crippen LogP contribution in [0.5, 0.6) is 0 Å². The highest BCUT2D eigenvalue weighted by molar-refractivity contribution is 7.86. The van der Waals surface area contributed by atoms with Crippen LogP contribution in [0.3, 0.4) is 0 Å². The summed E-state index contributed by atoms with van der Waals surface area (Å²) in [7, 11) is -4.35. The lowest BCUT2D eigenvalue weighted by Crippen LogP contribution is -2.39. The first-order valence-electron chi connectivity index (χ1n) is 3.19. The molecule has 0 aliphatic carbocycles. The van der Waals surface area contributed by atoms with Crippen LogP contribution in [0.15, 0.2) is 12.7 Å². The summed E-state index contributed by atoms with van der Waals surface area (Å²) in [4.78, 5) is 10.8. The Morgan fingerprint density at radius 3 is 2.33 bits per heavy atom. The van der Waals surface area contributed by atoms with Crippen molar-refractivity contribution in [3.63, 3.8) is 0 Å². The van der Waals surface area contributed by atoms with Gasteiger partial charge >= 0.3 is 0 Å². The van der Waals surface area contributed by atoms with Crippen molar-refractivity contribution in [1.29, 1.82) is 0 Å². The van der Waals surface area contributed by atoms with Crippen LogP contribution in [0.1, 0.15) is 6.92 Å². The zero-order valence-corrected chi connectivity index (χ0v) is 7.41. The van der Waals surface area contributed by atoms with E-state index in [2.05, 4.69) is 6.58 Å². The summed E-state index contributed by atoms with van der Waals surface area (Å²) >= 11 is 0. The molecule has 0 aromatic rings. The number of ketones is 1. The van der Waals surface area contributed by atoms with Crippen molar-refractivity contribution in [2.24, 2.45) is 11.7 Å². The highest BCUT2D eigenvalue weighted by Crippen LogP contribution is 2.07. The van der Waals surface area contributed by atoms with Gasteiger partial charge in [0.2, 0.25) is 0 Å². The molecule has 0 aliphatic rings. The average Bonchev–Trinajstić information content (AvgIpc) is 1.98. The van der Waals surface area contributed by atoms with Crippen LogP contribution in [-0.4, -0.2) is 24.1 Å². The average molecular weight is 193 g/mol. The van der Waals surface area contributed by atoms with E-state index in [1.165, 1.54) is 6.92 Å². The van der Waals surface area contributed by atoms with Crippen LogP contribution < -0.4 is 5.73 Å². The molecule has 6 heteroatoms. The van der Waals surface area contributed by atoms with Gasteiger partial charge in [0.1, 0.15) is 5.37 Å². The second-order valence-electron chi connectivity index (χ2n) is 2.37. The molecule has 3 N–H and O–H groups in total. The second-order valence-corrected chi connectivity index (χ2v) is 3.95. The maximum atomic E-state index is 10.8. The molecule has 5 nitrogen and oxygen atoms in total. The van der Waals surface area contributed by atoms with Gasteiger partial charge in [-0.25, -0.2) is 0 Å². The molecule has 0 saturated heterocycles. The summed E-state index contributed by atoms with van der Waals surface area (Å²) in [5, 5.41) is -1.58. The van der Waals surface area contributed by atoms with Crippen molar-refractivity contribution in [2.75, 3.05) is 0 Å². The number of rotatable bonds is 4. The SMILES string of the molecule is C=CC(=O)C(C)C(N)S(=O)(=O)O. The number of nitrogens with two attached hydrogens (primary N) is 1. The summed E-state index contributed by atoms with van der Waals surface area (Å²) in [5.74, 6) is -1.49. The van der Waals surface area contributed by atoms with Crippen molar-refractivity contribution in [3.05, 3.63) is 12.7 Å². The van der Waals surface area contributed by atoms with Crippen molar-refractivity contribution in [2.45, 2.75) is 12.3 Å². The molecule has 0 aromatic carbocycles. The standard InChI is InChI=1S/C6H11NO4S/c1-3-5(8)4(2)6(7)12(9,10)11/h3-4,6H,1,7H2,2H3,(H,9,10,11). The highest BCUT2D eigenvalue weighted by Gasteiger charge is 2.28. The predicted octanol–water partition coefficient (Wildman–Crippen LogP) is -0.450. The summed E-state index contributed by atoms with van der Waals surface area (Å²) in [6.07, 6.45) is 0.968. The Balaban J connectivity index is 4.62. The molecule has 12 heavy (non-hydrogen) atoms. The Bertz CT molecular complexity index is 282. The first-order chi connectivity index (χ1) is 5.30. The Morgan fingerprint density at radius 2 is 2.08 bits per heavy atom. The molecule has 0 radical (unpaired) electrons. The van der Waals surface area contributed by atoms with E-state index in [-0.39, 0.29) is 0 Å². The summed E-state index contributed by atoms with van der Waals surface area (Å²) in [6, 6.07) is 0. The lowest BCUT2D eigenvalue weighted by Gasteiger charge is -2.13. The first-order valence-corrected chi connectivity index (χ1v) is 4.69. The molecule has 70 valence electrons. The van der Waals surface area contributed by atoms with Gasteiger partial charge in [0, 0.05) is 0 Å². The maximum Gasteiger partial charge on any atom is 0.281 e. The molecule has 0 rings (SSSR count). The number of hydrogen-bond acceptors (Lipinski definition) is 4. The molecule has 0 aliphatic heterocycles. The zero-order valence-electron chi connectivity index (χ0n) is 6.60. The number of hydrogen-bond donors (Lipinski definition) is 2. The molecule has 2 atom stereocenters. The fraction of sp³-hybridized carbons (Fsp3) is 0.500. The van der Waals surface area contributed by atoms with Crippen LogP contribution in [0.4, 0.5) is 0 Å². The minimum atomic E-state index is -4.35. The second kappa shape index (κ2) is 3.79. The van der Waals surface area contributed by atoms with Crippen molar-refractivity contribution < 1.29 is 17.8 Å². The van der Waals surface area contributed by atoms with Crippen molar-refractivity contribution in [1.82, 2.24) is 0 Å². The van der Waals surface area contributed by atoms with Crippen molar-refractivity contribution >= 4 is 15.9 Å². The topological polar surface area (TPSA) is 97.5 Å². The number of carbonyl (C=O) groups excluding carboxylic acids is 1. The van der Waals surface area contributed by atoms with Crippen LogP contribution >= 0.6 is 0 Å². The molecule has 0 amide bonds. The van der Waals surface area contributed by atoms with Crippen LogP contribution in [0, 0.1) is 5.92 Å². The van der Waals surface area contributed by atoms with Crippen LogP contribution in [0.2, 0.25) is 0 Å². The smallest absolute Gasteiger partial charge is 0.281 e. The monoisotopic (exact) mass is 193 g/mol. The maximum absolute atomic E-state index is 10.8. The Hall–Kier alpha value is -0.720. The lowest BCUT2D eigenvalue weighted by molar-refractivity contribution is -0.117. The molecule has 0 aromatic heterocycles. The van der Waals surface area contributed by atoms with E-state index in [4.69, 9.17) is 10.3 Å². The molecule has 2 unspecified atom stereocenters. The molecular formula is C6H11NO4S. The fourth-order valence-corrected chi connectivity index (χ4v) is 1.26. The molecule has 0 heterocycles. The van der Waals surface area contributed by atoms with E-state index >= 15 is 0 Å². The predicted molar refractivity (Wildman–Crippen MR) is 43.9 cm³/mol. The van der Waals surface area contributed by atoms with E-state index in [0.717, 1.165) is 6.08 Å². The minimum absolute atomic E-state index is 0.514. The van der Waals surface area contributed by atoms with Gasteiger partial charge in [-0.3, -0.25) is 9.35 Å². The largest absolute Gasteiger partial charge is 0.313 e. The first kappa shape index (κ1) is 11.3. The van der Waals surface area contributed by atoms with Crippen LogP contribution in [-0.2, 0) is 14.9 Å². The molecule has 0 saturated carbocycles. The Morgan fingerprint density at radius 1 is 1.67 bits per heavy atom. The molecule has 0 bridgehead atoms. The third-order valence-electron chi connectivity index (χ3n) is 1.49. The third-order valence-corrected chi connectivity index (χ3v) is 2.58. The number of carbonyl (C=O) groups is 1. The summed E-state index contributed by atoms with van der Waals surface area (Å²) in [5.41, 5.74) is 5.06. The van der Waals surface area contributed by atoms with Crippen LogP contribution in [0.25, 0.3) is 0 Å². The van der Waals surface area contributed by atoms with Gasteiger partial charge in [0.25, 0.3) is 10.1 Å². The quantitative estimate of drug-likeness (QED) is 0.465. The normalized spacial score (nSPS) is 16.6. The van der Waals surface area contributed by atoms with Gasteiger partial charge in [0.15, 0.2) is 5.78 Å². The van der Waals surface area contributed by atoms with Gasteiger partial charge in [-0.2, -0.15) is 8.42 Å². The van der Waals surface area contributed by atoms with Gasteiger partial charge < -0.3 is 5.73 Å². The summed E-state index contributed by atoms with van der Waals surface area (Å²) in [6.45, 7) is 4.47. The highest BCUT2D eigenvalue weighted by atomic mass is 32.2. The van der Waals surface area contributed by atoms with E-state index < -0.39 is 27.2 Å². The Kier molecular flexibility index (Phi) is 3.56. The van der Waals surface area contributed by atoms with E-state index in [1.54, 1.807) is 0 Å². The molecule has 0 fully saturated rings. The van der Waals surface area contributed by atoms with E-state index in [9.17, 15) is 13.2 Å². The van der Waals surface area contributed by atoms with E-state index in [1.807, 2.05) is 0 Å². The minimum Gasteiger partial charge on any atom is -0.313 e.